The van der Waals surface area contributed by atoms with Crippen LogP contribution in [0.1, 0.15) is 12.8 Å². The van der Waals surface area contributed by atoms with E-state index >= 15 is 0 Å². The van der Waals surface area contributed by atoms with Crippen LogP contribution in [0.15, 0.2) is 0 Å². The van der Waals surface area contributed by atoms with Gasteiger partial charge in [-0.3, -0.25) is 10.0 Å². The topological polar surface area (TPSA) is 66.4 Å². The number of rotatable bonds is 2. The van der Waals surface area contributed by atoms with Crippen LogP contribution < -0.4 is 5.48 Å². The van der Waals surface area contributed by atoms with Crippen molar-refractivity contribution < 1.29 is 19.2 Å². The van der Waals surface area contributed by atoms with Crippen molar-refractivity contribution in [3.63, 3.8) is 0 Å². The Morgan fingerprint density at radius 2 is 2.25 bits per heavy atom. The van der Waals surface area contributed by atoms with Crippen molar-refractivity contribution in [1.82, 2.24) is 5.48 Å². The summed E-state index contributed by atoms with van der Waals surface area (Å²) in [5.41, 5.74) is 1.43. The first-order valence-electron chi connectivity index (χ1n) is 3.72. The highest BCUT2D eigenvalue weighted by atomic mass is 19.1. The van der Waals surface area contributed by atoms with E-state index in [1.807, 2.05) is 0 Å². The van der Waals surface area contributed by atoms with Crippen LogP contribution in [0.2, 0.25) is 0 Å². The summed E-state index contributed by atoms with van der Waals surface area (Å²) in [5, 5.41) is 8.26. The molecule has 0 aliphatic heterocycles. The van der Waals surface area contributed by atoms with Gasteiger partial charge in [-0.2, -0.15) is 0 Å². The van der Waals surface area contributed by atoms with Crippen LogP contribution in [0.4, 0.5) is 4.39 Å². The minimum absolute atomic E-state index is 0.0236. The Bertz CT molecular complexity index is 197. The third kappa shape index (κ3) is 1.61. The number of hydrogen-bond donors (Lipinski definition) is 2. The number of aldehydes is 1. The van der Waals surface area contributed by atoms with E-state index < -0.39 is 23.9 Å². The zero-order valence-electron chi connectivity index (χ0n) is 6.37. The minimum atomic E-state index is -1.11. The second-order valence-electron chi connectivity index (χ2n) is 2.95. The summed E-state index contributed by atoms with van der Waals surface area (Å²) in [6.45, 7) is 0. The lowest BCUT2D eigenvalue weighted by atomic mass is 9.97. The molecular weight excluding hydrogens is 165 g/mol. The Kier molecular flexibility index (Phi) is 2.75. The van der Waals surface area contributed by atoms with Crippen LogP contribution in [0.5, 0.6) is 0 Å². The van der Waals surface area contributed by atoms with Crippen molar-refractivity contribution >= 4 is 12.2 Å². The molecule has 68 valence electrons. The number of hydroxylamine groups is 1. The number of alkyl halides is 1. The Morgan fingerprint density at radius 1 is 1.58 bits per heavy atom. The third-order valence-corrected chi connectivity index (χ3v) is 2.18. The van der Waals surface area contributed by atoms with Gasteiger partial charge in [0.15, 0.2) is 0 Å². The van der Waals surface area contributed by atoms with Gasteiger partial charge >= 0.3 is 0 Å². The number of carbonyl (C=O) groups excluding carboxylic acids is 2. The van der Waals surface area contributed by atoms with E-state index in [1.165, 1.54) is 5.48 Å². The Balaban J connectivity index is 2.63. The molecule has 5 heteroatoms. The number of amides is 1. The van der Waals surface area contributed by atoms with Crippen molar-refractivity contribution in [2.75, 3.05) is 0 Å². The van der Waals surface area contributed by atoms with E-state index in [-0.39, 0.29) is 12.8 Å². The van der Waals surface area contributed by atoms with E-state index in [9.17, 15) is 14.0 Å². The maximum absolute atomic E-state index is 12.7. The van der Waals surface area contributed by atoms with Crippen molar-refractivity contribution in [2.24, 2.45) is 11.8 Å². The molecule has 1 aliphatic carbocycles. The molecule has 0 radical (unpaired) electrons. The Labute approximate surface area is 68.7 Å². The maximum Gasteiger partial charge on any atom is 0.247 e. The summed E-state index contributed by atoms with van der Waals surface area (Å²) in [7, 11) is 0. The minimum Gasteiger partial charge on any atom is -0.303 e. The van der Waals surface area contributed by atoms with Gasteiger partial charge in [0.1, 0.15) is 12.5 Å². The molecule has 2 N–H and O–H groups in total. The predicted molar refractivity (Wildman–Crippen MR) is 37.1 cm³/mol. The molecule has 1 aliphatic rings. The summed E-state index contributed by atoms with van der Waals surface area (Å²) < 4.78 is 12.7. The average molecular weight is 175 g/mol. The molecule has 3 atom stereocenters. The molecule has 1 amide bonds. The molecule has 1 saturated carbocycles. The highest BCUT2D eigenvalue weighted by Gasteiger charge is 2.38. The normalized spacial score (nSPS) is 34.7. The molecule has 1 unspecified atom stereocenters. The zero-order valence-corrected chi connectivity index (χ0v) is 6.37. The maximum atomic E-state index is 12.7. The molecule has 0 aromatic carbocycles. The quantitative estimate of drug-likeness (QED) is 0.354. The van der Waals surface area contributed by atoms with Gasteiger partial charge in [0.2, 0.25) is 5.91 Å². The van der Waals surface area contributed by atoms with Gasteiger partial charge in [-0.1, -0.05) is 0 Å². The molecule has 12 heavy (non-hydrogen) atoms. The lowest BCUT2D eigenvalue weighted by Gasteiger charge is -2.09. The molecule has 0 spiro atoms. The van der Waals surface area contributed by atoms with Crippen LogP contribution >= 0.6 is 0 Å². The predicted octanol–water partition coefficient (Wildman–Crippen LogP) is 0.0550. The first-order chi connectivity index (χ1) is 5.69. The number of hydrogen-bond acceptors (Lipinski definition) is 3. The largest absolute Gasteiger partial charge is 0.303 e. The number of halogens is 1. The second-order valence-corrected chi connectivity index (χ2v) is 2.95. The Morgan fingerprint density at radius 3 is 2.75 bits per heavy atom. The lowest BCUT2D eigenvalue weighted by Crippen LogP contribution is -2.30. The molecule has 0 heterocycles. The van der Waals surface area contributed by atoms with Gasteiger partial charge < -0.3 is 4.79 Å². The van der Waals surface area contributed by atoms with E-state index in [2.05, 4.69) is 0 Å². The fraction of sp³-hybridized carbons (Fsp3) is 0.714. The summed E-state index contributed by atoms with van der Waals surface area (Å²) in [6, 6.07) is 0. The SMILES string of the molecule is O=C[C@H]1C[C@@H](F)CC1C(=O)NO. The number of carbonyl (C=O) groups is 2. The van der Waals surface area contributed by atoms with E-state index in [4.69, 9.17) is 5.21 Å². The summed E-state index contributed by atoms with van der Waals surface area (Å²) in [4.78, 5) is 21.2. The fourth-order valence-corrected chi connectivity index (χ4v) is 1.54. The monoisotopic (exact) mass is 175 g/mol. The van der Waals surface area contributed by atoms with Gasteiger partial charge in [-0.05, 0) is 12.8 Å². The average Bonchev–Trinajstić information content (AvgIpc) is 2.45. The second kappa shape index (κ2) is 3.62. The van der Waals surface area contributed by atoms with Crippen molar-refractivity contribution in [2.45, 2.75) is 19.0 Å². The molecule has 0 bridgehead atoms. The van der Waals surface area contributed by atoms with Crippen molar-refractivity contribution in [1.29, 1.82) is 0 Å². The highest BCUT2D eigenvalue weighted by Crippen LogP contribution is 2.32. The van der Waals surface area contributed by atoms with Crippen LogP contribution in [-0.4, -0.2) is 23.6 Å². The smallest absolute Gasteiger partial charge is 0.247 e. The number of nitrogens with one attached hydrogen (secondary N) is 1. The van der Waals surface area contributed by atoms with E-state index in [0.717, 1.165) is 0 Å². The lowest BCUT2D eigenvalue weighted by molar-refractivity contribution is -0.136. The summed E-state index contributed by atoms with van der Waals surface area (Å²) in [6.07, 6.45) is -0.431. The van der Waals surface area contributed by atoms with Gasteiger partial charge in [0.25, 0.3) is 0 Å². The molecule has 0 aromatic heterocycles. The van der Waals surface area contributed by atoms with Crippen molar-refractivity contribution in [3.05, 3.63) is 0 Å². The van der Waals surface area contributed by atoms with Gasteiger partial charge in [0.05, 0.1) is 5.92 Å². The van der Waals surface area contributed by atoms with Crippen LogP contribution in [-0.2, 0) is 9.59 Å². The molecule has 0 aromatic rings. The molecule has 4 nitrogen and oxygen atoms in total. The third-order valence-electron chi connectivity index (χ3n) is 2.18. The van der Waals surface area contributed by atoms with Gasteiger partial charge in [0, 0.05) is 5.92 Å². The fourth-order valence-electron chi connectivity index (χ4n) is 1.54. The molecule has 0 saturated heterocycles. The van der Waals surface area contributed by atoms with Crippen LogP contribution in [0.3, 0.4) is 0 Å². The van der Waals surface area contributed by atoms with E-state index in [1.54, 1.807) is 0 Å². The molecular formula is C7H10FNO3. The highest BCUT2D eigenvalue weighted by molar-refractivity contribution is 5.81. The molecule has 1 fully saturated rings. The Hall–Kier alpha value is -0.970. The van der Waals surface area contributed by atoms with Gasteiger partial charge in [-0.25, -0.2) is 9.87 Å². The first kappa shape index (κ1) is 9.12. The molecule has 1 rings (SSSR count). The zero-order chi connectivity index (χ0) is 9.14. The van der Waals surface area contributed by atoms with E-state index in [0.29, 0.717) is 6.29 Å². The summed E-state index contributed by atoms with van der Waals surface area (Å²) in [5.74, 6) is -1.97. The first-order valence-corrected chi connectivity index (χ1v) is 3.72. The standard InChI is InChI=1S/C7H10FNO3/c8-5-1-4(3-10)6(2-5)7(11)9-12/h3-6,12H,1-2H2,(H,9,11)/t4-,5-,6?/m1/s1. The van der Waals surface area contributed by atoms with Crippen LogP contribution in [0, 0.1) is 11.8 Å². The van der Waals surface area contributed by atoms with Gasteiger partial charge in [-0.15, -0.1) is 0 Å². The van der Waals surface area contributed by atoms with Crippen LogP contribution in [0.25, 0.3) is 0 Å². The van der Waals surface area contributed by atoms with Crippen molar-refractivity contribution in [3.8, 4) is 0 Å². The summed E-state index contributed by atoms with van der Waals surface area (Å²) >= 11 is 0.